The highest BCUT2D eigenvalue weighted by Gasteiger charge is 2.22. The third-order valence-corrected chi connectivity index (χ3v) is 4.70. The fourth-order valence-electron chi connectivity index (χ4n) is 2.42. The molecular weight excluding hydrogens is 322 g/mol. The van der Waals surface area contributed by atoms with Crippen LogP contribution >= 0.6 is 11.3 Å². The van der Waals surface area contributed by atoms with Crippen molar-refractivity contribution in [3.8, 4) is 11.1 Å². The number of anilines is 1. The molecule has 0 radical (unpaired) electrons. The molecule has 1 heterocycles. The number of aryl methyl sites for hydroxylation is 1. The summed E-state index contributed by atoms with van der Waals surface area (Å²) >= 11 is 1.35. The van der Waals surface area contributed by atoms with E-state index in [1.165, 1.54) is 18.4 Å². The molecule has 0 atom stereocenters. The van der Waals surface area contributed by atoms with Gasteiger partial charge in [-0.3, -0.25) is 4.79 Å². The number of carbonyl (C=O) groups is 2. The lowest BCUT2D eigenvalue weighted by Gasteiger charge is -2.08. The molecule has 0 bridgehead atoms. The van der Waals surface area contributed by atoms with E-state index < -0.39 is 5.97 Å². The second-order valence-corrected chi connectivity index (χ2v) is 6.60. The lowest BCUT2D eigenvalue weighted by atomic mass is 10.0. The Balaban J connectivity index is 2.27. The number of rotatable bonds is 7. The van der Waals surface area contributed by atoms with Gasteiger partial charge in [-0.15, -0.1) is 11.3 Å². The first-order chi connectivity index (χ1) is 11.6. The Kier molecular flexibility index (Phi) is 6.55. The number of methoxy groups -OCH3 is 1. The minimum absolute atomic E-state index is 0.0640. The standard InChI is InChI=1S/C19H23NO3S/c1-4-5-6-7-16(21)20-18-17(19(22)23-3)15(12-24-18)14-10-8-13(2)9-11-14/h8-12H,4-7H2,1-3H3,(H,20,21). The first-order valence-corrected chi connectivity index (χ1v) is 9.01. The van der Waals surface area contributed by atoms with Crippen LogP contribution in [0, 0.1) is 6.92 Å². The summed E-state index contributed by atoms with van der Waals surface area (Å²) in [5.74, 6) is -0.499. The van der Waals surface area contributed by atoms with Gasteiger partial charge >= 0.3 is 5.97 Å². The van der Waals surface area contributed by atoms with Crippen LogP contribution in [0.25, 0.3) is 11.1 Å². The zero-order chi connectivity index (χ0) is 17.5. The summed E-state index contributed by atoms with van der Waals surface area (Å²) in [6.45, 7) is 4.11. The molecule has 0 fully saturated rings. The Bertz CT molecular complexity index is 704. The van der Waals surface area contributed by atoms with Gasteiger partial charge in [-0.25, -0.2) is 4.79 Å². The summed E-state index contributed by atoms with van der Waals surface area (Å²) in [7, 11) is 1.35. The maximum atomic E-state index is 12.2. The first kappa shape index (κ1) is 18.2. The normalized spacial score (nSPS) is 10.5. The molecule has 0 unspecified atom stereocenters. The monoisotopic (exact) mass is 345 g/mol. The molecule has 1 amide bonds. The molecule has 2 aromatic rings. The Morgan fingerprint density at radius 2 is 1.88 bits per heavy atom. The third kappa shape index (κ3) is 4.45. The molecule has 0 aliphatic rings. The number of esters is 1. The summed E-state index contributed by atoms with van der Waals surface area (Å²) in [5, 5.41) is 5.31. The predicted molar refractivity (Wildman–Crippen MR) is 98.6 cm³/mol. The van der Waals surface area contributed by atoms with Crippen molar-refractivity contribution in [2.75, 3.05) is 12.4 Å². The van der Waals surface area contributed by atoms with Crippen molar-refractivity contribution in [3.05, 3.63) is 40.8 Å². The largest absolute Gasteiger partial charge is 0.465 e. The second kappa shape index (κ2) is 8.64. The average Bonchev–Trinajstić information content (AvgIpc) is 2.98. The summed E-state index contributed by atoms with van der Waals surface area (Å²) < 4.78 is 4.92. The van der Waals surface area contributed by atoms with E-state index >= 15 is 0 Å². The molecule has 2 rings (SSSR count). The highest BCUT2D eigenvalue weighted by molar-refractivity contribution is 7.15. The van der Waals surface area contributed by atoms with Crippen LogP contribution < -0.4 is 5.32 Å². The van der Waals surface area contributed by atoms with Crippen molar-refractivity contribution < 1.29 is 14.3 Å². The Labute approximate surface area is 146 Å². The van der Waals surface area contributed by atoms with Gasteiger partial charge in [-0.1, -0.05) is 49.6 Å². The molecule has 1 N–H and O–H groups in total. The van der Waals surface area contributed by atoms with Gasteiger partial charge in [-0.2, -0.15) is 0 Å². The van der Waals surface area contributed by atoms with Crippen LogP contribution in [0.3, 0.4) is 0 Å². The molecule has 5 heteroatoms. The van der Waals surface area contributed by atoms with Gasteiger partial charge in [0.15, 0.2) is 0 Å². The zero-order valence-electron chi connectivity index (χ0n) is 14.3. The van der Waals surface area contributed by atoms with Crippen molar-refractivity contribution in [1.29, 1.82) is 0 Å². The number of hydrogen-bond acceptors (Lipinski definition) is 4. The fraction of sp³-hybridized carbons (Fsp3) is 0.368. The molecule has 0 aliphatic heterocycles. The van der Waals surface area contributed by atoms with Crippen LogP contribution in [-0.2, 0) is 9.53 Å². The lowest BCUT2D eigenvalue weighted by Crippen LogP contribution is -2.13. The summed E-state index contributed by atoms with van der Waals surface area (Å²) in [6.07, 6.45) is 3.41. The number of unbranched alkanes of at least 4 members (excludes halogenated alkanes) is 2. The molecule has 4 nitrogen and oxygen atoms in total. The smallest absolute Gasteiger partial charge is 0.341 e. The SMILES string of the molecule is CCCCCC(=O)Nc1scc(-c2ccc(C)cc2)c1C(=O)OC. The molecule has 128 valence electrons. The minimum atomic E-state index is -0.435. The molecule has 0 spiro atoms. The van der Waals surface area contributed by atoms with Crippen LogP contribution in [0.4, 0.5) is 5.00 Å². The molecule has 0 saturated heterocycles. The number of amides is 1. The Morgan fingerprint density at radius 1 is 1.17 bits per heavy atom. The fourth-order valence-corrected chi connectivity index (χ4v) is 3.40. The average molecular weight is 345 g/mol. The van der Waals surface area contributed by atoms with Crippen molar-refractivity contribution in [2.24, 2.45) is 0 Å². The topological polar surface area (TPSA) is 55.4 Å². The minimum Gasteiger partial charge on any atom is -0.465 e. The van der Waals surface area contributed by atoms with Crippen molar-refractivity contribution in [3.63, 3.8) is 0 Å². The predicted octanol–water partition coefficient (Wildman–Crippen LogP) is 5.03. The van der Waals surface area contributed by atoms with Gasteiger partial charge in [-0.05, 0) is 18.9 Å². The quantitative estimate of drug-likeness (QED) is 0.566. The van der Waals surface area contributed by atoms with Crippen molar-refractivity contribution in [1.82, 2.24) is 0 Å². The van der Waals surface area contributed by atoms with E-state index in [1.54, 1.807) is 0 Å². The summed E-state index contributed by atoms with van der Waals surface area (Å²) in [4.78, 5) is 24.3. The van der Waals surface area contributed by atoms with Gasteiger partial charge < -0.3 is 10.1 Å². The number of nitrogens with one attached hydrogen (secondary N) is 1. The highest BCUT2D eigenvalue weighted by Crippen LogP contribution is 2.36. The van der Waals surface area contributed by atoms with Crippen LogP contribution in [0.1, 0.15) is 48.5 Å². The van der Waals surface area contributed by atoms with Crippen LogP contribution in [0.15, 0.2) is 29.6 Å². The maximum absolute atomic E-state index is 12.2. The number of ether oxygens (including phenoxy) is 1. The number of carbonyl (C=O) groups excluding carboxylic acids is 2. The van der Waals surface area contributed by atoms with Crippen LogP contribution in [-0.4, -0.2) is 19.0 Å². The molecular formula is C19H23NO3S. The van der Waals surface area contributed by atoms with E-state index in [-0.39, 0.29) is 5.91 Å². The van der Waals surface area contributed by atoms with Crippen LogP contribution in [0.2, 0.25) is 0 Å². The van der Waals surface area contributed by atoms with E-state index in [4.69, 9.17) is 4.74 Å². The van der Waals surface area contributed by atoms with Gasteiger partial charge in [0.1, 0.15) is 10.6 Å². The van der Waals surface area contributed by atoms with E-state index in [9.17, 15) is 9.59 Å². The first-order valence-electron chi connectivity index (χ1n) is 8.13. The van der Waals surface area contributed by atoms with Crippen molar-refractivity contribution >= 4 is 28.2 Å². The molecule has 0 saturated carbocycles. The molecule has 1 aromatic heterocycles. The third-order valence-electron chi connectivity index (χ3n) is 3.80. The summed E-state index contributed by atoms with van der Waals surface area (Å²) in [5.41, 5.74) is 3.30. The van der Waals surface area contributed by atoms with Crippen LogP contribution in [0.5, 0.6) is 0 Å². The van der Waals surface area contributed by atoms with Crippen molar-refractivity contribution in [2.45, 2.75) is 39.5 Å². The lowest BCUT2D eigenvalue weighted by molar-refractivity contribution is -0.116. The van der Waals surface area contributed by atoms with Gasteiger partial charge in [0.05, 0.1) is 7.11 Å². The van der Waals surface area contributed by atoms with E-state index in [2.05, 4.69) is 12.2 Å². The second-order valence-electron chi connectivity index (χ2n) is 5.72. The highest BCUT2D eigenvalue weighted by atomic mass is 32.1. The Morgan fingerprint density at radius 3 is 2.50 bits per heavy atom. The van der Waals surface area contributed by atoms with Gasteiger partial charge in [0.2, 0.25) is 5.91 Å². The number of hydrogen-bond donors (Lipinski definition) is 1. The Hall–Kier alpha value is -2.14. The van der Waals surface area contributed by atoms with Gasteiger partial charge in [0, 0.05) is 17.4 Å². The number of thiophene rings is 1. The zero-order valence-corrected chi connectivity index (χ0v) is 15.2. The molecule has 0 aliphatic carbocycles. The molecule has 24 heavy (non-hydrogen) atoms. The van der Waals surface area contributed by atoms with E-state index in [0.29, 0.717) is 17.0 Å². The number of benzene rings is 1. The van der Waals surface area contributed by atoms with E-state index in [1.807, 2.05) is 36.6 Å². The maximum Gasteiger partial charge on any atom is 0.341 e. The van der Waals surface area contributed by atoms with Gasteiger partial charge in [0.25, 0.3) is 0 Å². The molecule has 1 aromatic carbocycles. The van der Waals surface area contributed by atoms with E-state index in [0.717, 1.165) is 36.0 Å². The summed E-state index contributed by atoms with van der Waals surface area (Å²) in [6, 6.07) is 7.93.